The van der Waals surface area contributed by atoms with Gasteiger partial charge in [-0.2, -0.15) is 4.99 Å². The van der Waals surface area contributed by atoms with Crippen molar-refractivity contribution in [1.29, 1.82) is 0 Å². The van der Waals surface area contributed by atoms with Crippen molar-refractivity contribution in [2.24, 2.45) is 10.7 Å². The molecule has 13 rings (SSSR count). The minimum absolute atomic E-state index is 0.0747. The number of non-ortho nitro benzene ring substituents is 1. The summed E-state index contributed by atoms with van der Waals surface area (Å²) in [6.45, 7) is 0. The van der Waals surface area contributed by atoms with Crippen molar-refractivity contribution in [3.05, 3.63) is 279 Å². The molecule has 101 heavy (non-hydrogen) atoms. The first-order valence-electron chi connectivity index (χ1n) is 30.4. The van der Waals surface area contributed by atoms with Crippen molar-refractivity contribution in [3.63, 3.8) is 0 Å². The van der Waals surface area contributed by atoms with Gasteiger partial charge in [0.15, 0.2) is 0 Å². The van der Waals surface area contributed by atoms with Gasteiger partial charge in [0.05, 0.1) is 33.6 Å². The van der Waals surface area contributed by atoms with Crippen molar-refractivity contribution in [2.75, 3.05) is 14.1 Å². The smallest absolute Gasteiger partial charge is 0.409 e. The van der Waals surface area contributed by atoms with E-state index in [1.54, 1.807) is 74.8 Å². The van der Waals surface area contributed by atoms with E-state index in [0.29, 0.717) is 114 Å². The average molecular weight is 1440 g/mol. The summed E-state index contributed by atoms with van der Waals surface area (Å²) in [5.41, 5.74) is 12.3. The molecule has 0 spiro atoms. The van der Waals surface area contributed by atoms with Crippen LogP contribution in [0.1, 0.15) is 52.3 Å². The number of nitro groups is 1. The highest BCUT2D eigenvalue weighted by Crippen LogP contribution is 2.36. The molecule has 2 amide bonds. The second-order valence-corrected chi connectivity index (χ2v) is 24.0. The third-order valence-corrected chi connectivity index (χ3v) is 16.2. The van der Waals surface area contributed by atoms with Gasteiger partial charge < -0.3 is 65.9 Å². The summed E-state index contributed by atoms with van der Waals surface area (Å²) in [5.74, 6) is 1.35. The van der Waals surface area contributed by atoms with Crippen LogP contribution in [0.5, 0.6) is 23.0 Å². The molecule has 30 heteroatoms. The van der Waals surface area contributed by atoms with Crippen molar-refractivity contribution >= 4 is 102 Å². The van der Waals surface area contributed by atoms with Crippen LogP contribution in [-0.4, -0.2) is 102 Å². The van der Waals surface area contributed by atoms with Gasteiger partial charge >= 0.3 is 11.5 Å². The highest BCUT2D eigenvalue weighted by molar-refractivity contribution is 6.61. The maximum atomic E-state index is 12.4. The fourth-order valence-electron chi connectivity index (χ4n) is 10.5. The van der Waals surface area contributed by atoms with Gasteiger partial charge in [-0.1, -0.05) is 144 Å². The monoisotopic (exact) mass is 1440 g/mol. The lowest BCUT2D eigenvalue weighted by Crippen LogP contribution is -2.38. The molecular formula is C71H58Cl4N14O12. The molecule has 0 fully saturated rings. The number of halogens is 4. The molecule has 6 aromatic heterocycles. The molecule has 13 aromatic rings. The zero-order valence-electron chi connectivity index (χ0n) is 53.0. The SMILES string of the molecule is CN(C)C(=O)N[C@@H](Cc1ccccc1)c1nc(-c2ccc3[nH]c(=O)cc(O)c3c2)c(Cl)[nH]1.N[C@@H](Cc1ccccc1)c1nc(-c2ccc3[nH]c(=O)cc(O)c3c2)c(Cl)[nH]1.O=C(Cl)Oc1ccc([N+](=O)[O-])cc1.O=C=N[C@@H](Cc1ccccc1)c1nc(-c2ccc3[nH]c(=O)cc(O)c3c2)c(Cl)[nH]1. The van der Waals surface area contributed by atoms with Crippen LogP contribution in [-0.2, 0) is 24.1 Å². The first-order chi connectivity index (χ1) is 48.5. The number of nitro benzene ring substituents is 1. The number of rotatable bonds is 16. The van der Waals surface area contributed by atoms with Gasteiger partial charge in [0.1, 0.15) is 79.1 Å². The van der Waals surface area contributed by atoms with Crippen LogP contribution in [0.3, 0.4) is 0 Å². The van der Waals surface area contributed by atoms with E-state index >= 15 is 0 Å². The van der Waals surface area contributed by atoms with E-state index in [-0.39, 0.29) is 57.0 Å². The van der Waals surface area contributed by atoms with E-state index in [9.17, 15) is 54.2 Å². The zero-order chi connectivity index (χ0) is 72.0. The summed E-state index contributed by atoms with van der Waals surface area (Å²) in [6, 6.07) is 51.5. The average Bonchev–Trinajstić information content (AvgIpc) is 1.78. The lowest BCUT2D eigenvalue weighted by molar-refractivity contribution is -0.384. The Labute approximate surface area is 591 Å². The number of carbonyl (C=O) groups is 2. The number of carbonyl (C=O) groups excluding carboxylic acids is 3. The molecule has 6 heterocycles. The van der Waals surface area contributed by atoms with E-state index in [4.69, 9.17) is 52.1 Å². The Morgan fingerprint density at radius 2 is 0.950 bits per heavy atom. The van der Waals surface area contributed by atoms with Crippen molar-refractivity contribution in [2.45, 2.75) is 37.4 Å². The first-order valence-corrected chi connectivity index (χ1v) is 31.9. The molecule has 512 valence electrons. The fraction of sp³-hybridized carbons (Fsp3) is 0.113. The molecule has 0 saturated carbocycles. The number of benzene rings is 7. The highest BCUT2D eigenvalue weighted by Gasteiger charge is 2.24. The number of fused-ring (bicyclic) bond motifs is 3. The van der Waals surface area contributed by atoms with Crippen LogP contribution in [0.25, 0.3) is 66.5 Å². The Morgan fingerprint density at radius 3 is 1.36 bits per heavy atom. The maximum Gasteiger partial charge on any atom is 0.409 e. The lowest BCUT2D eigenvalue weighted by Gasteiger charge is -2.20. The number of aromatic hydroxyl groups is 3. The number of amides is 2. The fourth-order valence-corrected chi connectivity index (χ4v) is 11.3. The summed E-state index contributed by atoms with van der Waals surface area (Å²) in [6.07, 6.45) is 3.20. The number of aliphatic imine (C=N–C) groups is 1. The lowest BCUT2D eigenvalue weighted by atomic mass is 10.1. The predicted octanol–water partition coefficient (Wildman–Crippen LogP) is 13.6. The number of nitrogens with zero attached hydrogens (tertiary/aromatic N) is 6. The summed E-state index contributed by atoms with van der Waals surface area (Å²) in [7, 11) is 3.34. The molecule has 3 atom stereocenters. The van der Waals surface area contributed by atoms with E-state index in [1.807, 2.05) is 91.0 Å². The number of imidazole rings is 3. The second-order valence-electron chi connectivity index (χ2n) is 22.6. The molecule has 0 radical (unpaired) electrons. The van der Waals surface area contributed by atoms with Crippen LogP contribution in [0.2, 0.25) is 15.5 Å². The van der Waals surface area contributed by atoms with E-state index < -0.39 is 28.0 Å². The molecule has 0 aliphatic heterocycles. The van der Waals surface area contributed by atoms with Crippen LogP contribution in [0, 0.1) is 10.1 Å². The molecule has 0 bridgehead atoms. The number of aromatic amines is 6. The highest BCUT2D eigenvalue weighted by atomic mass is 35.5. The Morgan fingerprint density at radius 1 is 0.564 bits per heavy atom. The third-order valence-electron chi connectivity index (χ3n) is 15.3. The Bertz CT molecular complexity index is 5390. The standard InChI is InChI=1S/C23H22ClN5O3.C21H15ClN4O3.C20H17ClN4O2.C7H4ClNO4/c1-29(2)23(32)26-17(10-13-6-4-3-5-7-13)22-27-20(21(24)28-22)14-8-9-16-15(11-14)18(30)12-19(31)25-16;22-20-19(13-6-7-15-14(9-13)17(28)10-18(29)24-15)25-21(26-20)16(23-11-27)8-12-4-2-1-3-5-12;21-19-18(12-6-7-15-13(9-12)16(26)10-17(27)23-15)24-20(25-19)14(22)8-11-4-2-1-3-5-11;8-7(10)13-6-3-1-5(2-4-6)9(11)12/h3-9,11-12,17H,10H2,1-2H3,(H,26,32)(H,27,28)(H2,25,30,31);1-7,9-10,16H,8H2,(H,25,26)(H2,24,28,29);1-7,9-10,14H,8,22H2,(H,24,25)(H2,23,26,27);1-4H/t17-;16-;14-;/m000./s1. The van der Waals surface area contributed by atoms with Crippen LogP contribution < -0.4 is 32.5 Å². The summed E-state index contributed by atoms with van der Waals surface area (Å²) < 4.78 is 4.45. The topological polar surface area (TPSA) is 403 Å². The van der Waals surface area contributed by atoms with E-state index in [2.05, 4.69) is 59.9 Å². The molecule has 0 unspecified atom stereocenters. The van der Waals surface area contributed by atoms with Crippen LogP contribution >= 0.6 is 46.4 Å². The van der Waals surface area contributed by atoms with E-state index in [1.165, 1.54) is 29.2 Å². The third kappa shape index (κ3) is 18.3. The Kier molecular flexibility index (Phi) is 23.0. The molecular weight excluding hydrogens is 1380 g/mol. The van der Waals surface area contributed by atoms with Crippen molar-refractivity contribution in [1.82, 2.24) is 55.1 Å². The van der Waals surface area contributed by atoms with Gasteiger partial charge in [-0.3, -0.25) is 24.5 Å². The summed E-state index contributed by atoms with van der Waals surface area (Å²) in [5, 5.41) is 45.9. The minimum Gasteiger partial charge on any atom is -0.507 e. The zero-order valence-corrected chi connectivity index (χ0v) is 56.1. The number of urea groups is 1. The maximum absolute atomic E-state index is 12.4. The second kappa shape index (κ2) is 32.5. The van der Waals surface area contributed by atoms with Crippen LogP contribution in [0.4, 0.5) is 15.3 Å². The minimum atomic E-state index is -0.978. The van der Waals surface area contributed by atoms with Crippen molar-refractivity contribution < 1.29 is 39.4 Å². The van der Waals surface area contributed by atoms with Gasteiger partial charge in [-0.05, 0) is 78.1 Å². The number of pyridine rings is 3. The number of hydrogen-bond acceptors (Lipinski definition) is 17. The normalized spacial score (nSPS) is 11.7. The molecule has 0 saturated heterocycles. The van der Waals surface area contributed by atoms with E-state index in [0.717, 1.165) is 34.9 Å². The molecule has 26 nitrogen and oxygen atoms in total. The quantitative estimate of drug-likeness (QED) is 0.0141. The number of H-pyrrole nitrogens is 6. The number of hydrogen-bond donors (Lipinski definition) is 11. The molecule has 0 aliphatic rings. The van der Waals surface area contributed by atoms with Gasteiger partial charge in [-0.25, -0.2) is 29.3 Å². The van der Waals surface area contributed by atoms with Crippen LogP contribution in [0.15, 0.2) is 207 Å². The number of ether oxygens (including phenoxy) is 1. The largest absolute Gasteiger partial charge is 0.507 e. The molecule has 7 aromatic carbocycles. The number of isocyanates is 1. The van der Waals surface area contributed by atoms with Crippen molar-refractivity contribution in [3.8, 4) is 56.8 Å². The van der Waals surface area contributed by atoms with Gasteiger partial charge in [0.2, 0.25) is 6.08 Å². The molecule has 0 aliphatic carbocycles. The number of aromatic nitrogens is 9. The van der Waals surface area contributed by atoms with Gasteiger partial charge in [-0.15, -0.1) is 0 Å². The summed E-state index contributed by atoms with van der Waals surface area (Å²) in [4.78, 5) is 114. The number of nitrogens with one attached hydrogen (secondary N) is 7. The molecule has 12 N–H and O–H groups in total. The number of nitrogens with two attached hydrogens (primary N) is 1. The Hall–Kier alpha value is -12.2. The summed E-state index contributed by atoms with van der Waals surface area (Å²) >= 11 is 24.1. The first kappa shape index (κ1) is 71.6. The van der Waals surface area contributed by atoms with Gasteiger partial charge in [0, 0.05) is 95.3 Å². The Balaban J connectivity index is 0.000000150. The van der Waals surface area contributed by atoms with Gasteiger partial charge in [0.25, 0.3) is 22.4 Å². The predicted molar refractivity (Wildman–Crippen MR) is 385 cm³/mol.